The van der Waals surface area contributed by atoms with Crippen LogP contribution in [0.2, 0.25) is 0 Å². The van der Waals surface area contributed by atoms with E-state index >= 15 is 0 Å². The largest absolute Gasteiger partial charge is 0.467 e. The lowest BCUT2D eigenvalue weighted by atomic mass is 10.1. The van der Waals surface area contributed by atoms with Crippen molar-refractivity contribution in [3.8, 4) is 0 Å². The molecular formula is C9H17NO4. The van der Waals surface area contributed by atoms with Crippen molar-refractivity contribution in [2.75, 3.05) is 20.3 Å². The molecule has 0 aliphatic rings. The number of nitrogens with one attached hydrogen (secondary N) is 1. The summed E-state index contributed by atoms with van der Waals surface area (Å²) in [5.74, 6) is -0.815. The monoisotopic (exact) mass is 203 g/mol. The molecule has 82 valence electrons. The van der Waals surface area contributed by atoms with Crippen LogP contribution in [0, 0.1) is 0 Å². The third kappa shape index (κ3) is 4.23. The summed E-state index contributed by atoms with van der Waals surface area (Å²) in [5, 5.41) is 2.50. The molecule has 0 atom stereocenters. The van der Waals surface area contributed by atoms with Crippen molar-refractivity contribution in [3.05, 3.63) is 0 Å². The quantitative estimate of drug-likeness (QED) is 0.643. The van der Waals surface area contributed by atoms with Gasteiger partial charge in [-0.1, -0.05) is 0 Å². The standard InChI is InChI=1S/C9H17NO4/c1-5-14-6-7(11)10-9(2,3)8(12)13-4/h5-6H2,1-4H3,(H,10,11). The van der Waals surface area contributed by atoms with Crippen LogP contribution in [0.1, 0.15) is 20.8 Å². The molecule has 0 aromatic heterocycles. The summed E-state index contributed by atoms with van der Waals surface area (Å²) in [5.41, 5.74) is -1.01. The molecule has 0 unspecified atom stereocenters. The molecule has 0 bridgehead atoms. The first-order valence-corrected chi connectivity index (χ1v) is 4.41. The van der Waals surface area contributed by atoms with Gasteiger partial charge in [0.05, 0.1) is 7.11 Å². The summed E-state index contributed by atoms with van der Waals surface area (Å²) in [7, 11) is 1.28. The Bertz CT molecular complexity index is 213. The second-order valence-corrected chi connectivity index (χ2v) is 3.30. The van der Waals surface area contributed by atoms with Crippen molar-refractivity contribution in [1.82, 2.24) is 5.32 Å². The lowest BCUT2D eigenvalue weighted by Crippen LogP contribution is -2.51. The van der Waals surface area contributed by atoms with Gasteiger partial charge in [-0.2, -0.15) is 0 Å². The number of methoxy groups -OCH3 is 1. The summed E-state index contributed by atoms with van der Waals surface area (Å²) in [4.78, 5) is 22.4. The zero-order chi connectivity index (χ0) is 11.2. The Balaban J connectivity index is 4.08. The fourth-order valence-corrected chi connectivity index (χ4v) is 0.886. The zero-order valence-electron chi connectivity index (χ0n) is 9.05. The van der Waals surface area contributed by atoms with E-state index in [1.807, 2.05) is 0 Å². The van der Waals surface area contributed by atoms with Crippen molar-refractivity contribution in [1.29, 1.82) is 0 Å². The molecule has 0 spiro atoms. The van der Waals surface area contributed by atoms with Crippen LogP contribution >= 0.6 is 0 Å². The number of rotatable bonds is 5. The van der Waals surface area contributed by atoms with Crippen LogP contribution in [-0.2, 0) is 19.1 Å². The van der Waals surface area contributed by atoms with E-state index in [4.69, 9.17) is 4.74 Å². The Labute approximate surface area is 83.8 Å². The van der Waals surface area contributed by atoms with E-state index in [0.717, 1.165) is 0 Å². The summed E-state index contributed by atoms with van der Waals surface area (Å²) in [6.07, 6.45) is 0. The molecule has 0 aliphatic heterocycles. The predicted molar refractivity (Wildman–Crippen MR) is 50.7 cm³/mol. The van der Waals surface area contributed by atoms with Crippen LogP contribution in [0.4, 0.5) is 0 Å². The number of carbonyl (C=O) groups excluding carboxylic acids is 2. The van der Waals surface area contributed by atoms with Gasteiger partial charge in [0, 0.05) is 6.61 Å². The SMILES string of the molecule is CCOCC(=O)NC(C)(C)C(=O)OC. The van der Waals surface area contributed by atoms with Crippen LogP contribution in [0.5, 0.6) is 0 Å². The van der Waals surface area contributed by atoms with Crippen LogP contribution in [-0.4, -0.2) is 37.7 Å². The molecule has 1 N–H and O–H groups in total. The van der Waals surface area contributed by atoms with E-state index in [1.54, 1.807) is 20.8 Å². The highest BCUT2D eigenvalue weighted by molar-refractivity contribution is 5.87. The topological polar surface area (TPSA) is 64.6 Å². The summed E-state index contributed by atoms with van der Waals surface area (Å²) in [6.45, 7) is 5.35. The molecule has 14 heavy (non-hydrogen) atoms. The van der Waals surface area contributed by atoms with E-state index in [9.17, 15) is 9.59 Å². The number of hydrogen-bond acceptors (Lipinski definition) is 4. The summed E-state index contributed by atoms with van der Waals surface area (Å²) < 4.78 is 9.42. The van der Waals surface area contributed by atoms with Gasteiger partial charge in [-0.3, -0.25) is 4.79 Å². The van der Waals surface area contributed by atoms with E-state index < -0.39 is 11.5 Å². The molecular weight excluding hydrogens is 186 g/mol. The minimum Gasteiger partial charge on any atom is -0.467 e. The molecule has 0 aliphatic carbocycles. The molecule has 5 nitrogen and oxygen atoms in total. The number of carbonyl (C=O) groups is 2. The highest BCUT2D eigenvalue weighted by Gasteiger charge is 2.30. The van der Waals surface area contributed by atoms with Gasteiger partial charge in [-0.25, -0.2) is 4.79 Å². The maximum Gasteiger partial charge on any atom is 0.330 e. The highest BCUT2D eigenvalue weighted by Crippen LogP contribution is 2.03. The minimum absolute atomic E-state index is 0.0447. The van der Waals surface area contributed by atoms with Gasteiger partial charge in [-0.05, 0) is 20.8 Å². The highest BCUT2D eigenvalue weighted by atomic mass is 16.5. The fourth-order valence-electron chi connectivity index (χ4n) is 0.886. The van der Waals surface area contributed by atoms with Crippen molar-refractivity contribution in [3.63, 3.8) is 0 Å². The minimum atomic E-state index is -1.01. The van der Waals surface area contributed by atoms with E-state index in [2.05, 4.69) is 10.1 Å². The van der Waals surface area contributed by atoms with Gasteiger partial charge < -0.3 is 14.8 Å². The zero-order valence-corrected chi connectivity index (χ0v) is 9.05. The Kier molecular flexibility index (Phi) is 5.15. The average molecular weight is 203 g/mol. The summed E-state index contributed by atoms with van der Waals surface area (Å²) >= 11 is 0. The molecule has 0 radical (unpaired) electrons. The maximum absolute atomic E-state index is 11.2. The number of esters is 1. The first kappa shape index (κ1) is 12.9. The van der Waals surface area contributed by atoms with Gasteiger partial charge in [-0.15, -0.1) is 0 Å². The summed E-state index contributed by atoms with van der Waals surface area (Å²) in [6, 6.07) is 0. The Morgan fingerprint density at radius 3 is 2.36 bits per heavy atom. The van der Waals surface area contributed by atoms with Crippen LogP contribution in [0.3, 0.4) is 0 Å². The fraction of sp³-hybridized carbons (Fsp3) is 0.778. The van der Waals surface area contributed by atoms with Crippen molar-refractivity contribution < 1.29 is 19.1 Å². The van der Waals surface area contributed by atoms with Crippen LogP contribution < -0.4 is 5.32 Å². The molecule has 0 aromatic rings. The second kappa shape index (κ2) is 5.59. The maximum atomic E-state index is 11.2. The van der Waals surface area contributed by atoms with Gasteiger partial charge in [0.2, 0.25) is 5.91 Å². The lowest BCUT2D eigenvalue weighted by molar-refractivity contribution is -0.149. The average Bonchev–Trinajstić information content (AvgIpc) is 2.12. The third-order valence-electron chi connectivity index (χ3n) is 1.58. The Morgan fingerprint density at radius 1 is 1.36 bits per heavy atom. The van der Waals surface area contributed by atoms with E-state index in [-0.39, 0.29) is 12.5 Å². The van der Waals surface area contributed by atoms with Gasteiger partial charge in [0.1, 0.15) is 12.1 Å². The smallest absolute Gasteiger partial charge is 0.330 e. The van der Waals surface area contributed by atoms with Gasteiger partial charge in [0.25, 0.3) is 0 Å². The predicted octanol–water partition coefficient (Wildman–Crippen LogP) is 0.0907. The van der Waals surface area contributed by atoms with E-state index in [0.29, 0.717) is 6.61 Å². The van der Waals surface area contributed by atoms with Crippen LogP contribution in [0.25, 0.3) is 0 Å². The lowest BCUT2D eigenvalue weighted by Gasteiger charge is -2.22. The molecule has 0 rings (SSSR count). The number of amides is 1. The second-order valence-electron chi connectivity index (χ2n) is 3.30. The van der Waals surface area contributed by atoms with Gasteiger partial charge in [0.15, 0.2) is 0 Å². The molecule has 0 fully saturated rings. The Hall–Kier alpha value is -1.10. The molecule has 0 aromatic carbocycles. The first-order valence-electron chi connectivity index (χ1n) is 4.41. The van der Waals surface area contributed by atoms with Crippen molar-refractivity contribution in [2.24, 2.45) is 0 Å². The van der Waals surface area contributed by atoms with Crippen LogP contribution in [0.15, 0.2) is 0 Å². The molecule has 1 amide bonds. The molecule has 0 saturated carbocycles. The normalized spacial score (nSPS) is 10.9. The Morgan fingerprint density at radius 2 is 1.93 bits per heavy atom. The first-order chi connectivity index (χ1) is 6.44. The van der Waals surface area contributed by atoms with Crippen molar-refractivity contribution in [2.45, 2.75) is 26.3 Å². The number of hydrogen-bond donors (Lipinski definition) is 1. The third-order valence-corrected chi connectivity index (χ3v) is 1.58. The van der Waals surface area contributed by atoms with Gasteiger partial charge >= 0.3 is 5.97 Å². The molecule has 5 heteroatoms. The molecule has 0 saturated heterocycles. The van der Waals surface area contributed by atoms with E-state index in [1.165, 1.54) is 7.11 Å². The number of ether oxygens (including phenoxy) is 2. The molecule has 0 heterocycles. The van der Waals surface area contributed by atoms with Crippen molar-refractivity contribution >= 4 is 11.9 Å².